The Kier molecular flexibility index (Phi) is 2.64. The summed E-state index contributed by atoms with van der Waals surface area (Å²) in [5, 5.41) is 11.7. The van der Waals surface area contributed by atoms with Gasteiger partial charge in [-0.3, -0.25) is 0 Å². The molecular weight excluding hydrogens is 216 g/mol. The van der Waals surface area contributed by atoms with E-state index in [1.807, 2.05) is 20.8 Å². The Hall–Kier alpha value is -0.0700. The average molecular weight is 232 g/mol. The quantitative estimate of drug-likeness (QED) is 0.720. The normalized spacial score (nSPS) is 47.9. The highest BCUT2D eigenvalue weighted by Gasteiger charge is 2.61. The maximum atomic E-state index is 10.2. The van der Waals surface area contributed by atoms with Crippen LogP contribution in [0.25, 0.3) is 0 Å². The fraction of sp³-hybridized carbons (Fsp3) is 0.900. The maximum Gasteiger partial charge on any atom is 0.195 e. The molecule has 0 aromatic heterocycles. The largest absolute Gasteiger partial charge is 0.363 e. The van der Waals surface area contributed by atoms with E-state index in [4.69, 9.17) is 26.4 Å². The van der Waals surface area contributed by atoms with Crippen molar-refractivity contribution in [2.75, 3.05) is 0 Å². The predicted molar refractivity (Wildman–Crippen MR) is 57.6 cm³/mol. The lowest BCUT2D eigenvalue weighted by atomic mass is 10.0. The second kappa shape index (κ2) is 3.46. The molecule has 0 radical (unpaired) electrons. The average Bonchev–Trinajstić information content (AvgIpc) is 2.61. The van der Waals surface area contributed by atoms with E-state index in [0.717, 1.165) is 0 Å². The molecule has 4 atom stereocenters. The topological polar surface area (TPSA) is 47.9 Å². The highest BCUT2D eigenvalue weighted by atomic mass is 32.1. The number of rotatable bonds is 2. The van der Waals surface area contributed by atoms with Gasteiger partial charge < -0.3 is 19.3 Å². The van der Waals surface area contributed by atoms with Gasteiger partial charge >= 0.3 is 0 Å². The molecule has 2 fully saturated rings. The molecule has 0 saturated carbocycles. The summed E-state index contributed by atoms with van der Waals surface area (Å²) < 4.78 is 16.8. The van der Waals surface area contributed by atoms with Gasteiger partial charge in [-0.25, -0.2) is 0 Å². The molecule has 0 aromatic carbocycles. The summed E-state index contributed by atoms with van der Waals surface area (Å²) in [6, 6.07) is 0. The summed E-state index contributed by atoms with van der Waals surface area (Å²) >= 11 is 4.86. The fourth-order valence-electron chi connectivity index (χ4n) is 2.14. The van der Waals surface area contributed by atoms with Crippen LogP contribution in [-0.2, 0) is 14.2 Å². The first-order chi connectivity index (χ1) is 6.92. The van der Waals surface area contributed by atoms with Crippen LogP contribution in [0.1, 0.15) is 27.2 Å². The minimum absolute atomic E-state index is 0.303. The molecule has 0 aromatic rings. The zero-order valence-electron chi connectivity index (χ0n) is 9.10. The highest BCUT2D eigenvalue weighted by molar-refractivity contribution is 7.79. The number of thiocarbonyl (C=S) groups is 1. The van der Waals surface area contributed by atoms with Crippen LogP contribution < -0.4 is 0 Å². The summed E-state index contributed by atoms with van der Waals surface area (Å²) in [4.78, 5) is 0. The summed E-state index contributed by atoms with van der Waals surface area (Å²) in [5.74, 6) is -1.96. The fourth-order valence-corrected chi connectivity index (χ4v) is 2.35. The van der Waals surface area contributed by atoms with E-state index in [9.17, 15) is 5.11 Å². The third-order valence-electron chi connectivity index (χ3n) is 2.88. The first-order valence-corrected chi connectivity index (χ1v) is 5.60. The first-order valence-electron chi connectivity index (χ1n) is 5.13. The van der Waals surface area contributed by atoms with Crippen molar-refractivity contribution in [1.29, 1.82) is 0 Å². The van der Waals surface area contributed by atoms with Crippen LogP contribution in [0.2, 0.25) is 0 Å². The molecule has 0 amide bonds. The third-order valence-corrected chi connectivity index (χ3v) is 3.15. The lowest BCUT2D eigenvalue weighted by Gasteiger charge is -2.28. The zero-order valence-corrected chi connectivity index (χ0v) is 9.91. The number of aliphatic hydroxyl groups is 1. The lowest BCUT2D eigenvalue weighted by molar-refractivity contribution is -0.266. The van der Waals surface area contributed by atoms with E-state index >= 15 is 0 Å². The molecule has 0 aliphatic carbocycles. The van der Waals surface area contributed by atoms with Crippen LogP contribution in [0.15, 0.2) is 0 Å². The molecule has 15 heavy (non-hydrogen) atoms. The summed E-state index contributed by atoms with van der Waals surface area (Å²) in [6.45, 7) is 5.49. The molecule has 86 valence electrons. The van der Waals surface area contributed by atoms with Crippen molar-refractivity contribution in [3.05, 3.63) is 0 Å². The van der Waals surface area contributed by atoms with Crippen molar-refractivity contribution in [2.24, 2.45) is 0 Å². The SMILES string of the molecule is CCC1(O)O[C@H](C=S)[C@H]2OC(C)(C)O[C@H]21. The summed E-state index contributed by atoms with van der Waals surface area (Å²) in [5.41, 5.74) is 0. The van der Waals surface area contributed by atoms with Crippen LogP contribution in [-0.4, -0.2) is 40.4 Å². The van der Waals surface area contributed by atoms with Crippen molar-refractivity contribution >= 4 is 17.6 Å². The molecule has 2 heterocycles. The molecule has 2 aliphatic heterocycles. The Morgan fingerprint density at radius 3 is 2.53 bits per heavy atom. The van der Waals surface area contributed by atoms with Gasteiger partial charge in [-0.2, -0.15) is 0 Å². The van der Waals surface area contributed by atoms with Crippen molar-refractivity contribution < 1.29 is 19.3 Å². The minimum atomic E-state index is -1.28. The first kappa shape index (κ1) is 11.4. The van der Waals surface area contributed by atoms with Gasteiger partial charge in [0, 0.05) is 11.8 Å². The zero-order chi connectivity index (χ0) is 11.3. The highest BCUT2D eigenvalue weighted by Crippen LogP contribution is 2.43. The second-order valence-corrected chi connectivity index (χ2v) is 4.71. The number of ether oxygens (including phenoxy) is 3. The molecule has 0 bridgehead atoms. The molecule has 1 unspecified atom stereocenters. The van der Waals surface area contributed by atoms with E-state index in [0.29, 0.717) is 6.42 Å². The second-order valence-electron chi connectivity index (χ2n) is 4.44. The van der Waals surface area contributed by atoms with Crippen LogP contribution >= 0.6 is 12.2 Å². The monoisotopic (exact) mass is 232 g/mol. The van der Waals surface area contributed by atoms with Crippen molar-refractivity contribution in [3.8, 4) is 0 Å². The van der Waals surface area contributed by atoms with Gasteiger partial charge in [0.05, 0.1) is 0 Å². The van der Waals surface area contributed by atoms with E-state index in [2.05, 4.69) is 0 Å². The third kappa shape index (κ3) is 1.72. The van der Waals surface area contributed by atoms with Crippen LogP contribution in [0, 0.1) is 0 Å². The number of fused-ring (bicyclic) bond motifs is 1. The van der Waals surface area contributed by atoms with Crippen molar-refractivity contribution in [1.82, 2.24) is 0 Å². The van der Waals surface area contributed by atoms with Crippen LogP contribution in [0.3, 0.4) is 0 Å². The Balaban J connectivity index is 2.26. The molecule has 2 aliphatic rings. The Morgan fingerprint density at radius 1 is 1.33 bits per heavy atom. The Morgan fingerprint density at radius 2 is 2.00 bits per heavy atom. The van der Waals surface area contributed by atoms with Crippen molar-refractivity contribution in [3.63, 3.8) is 0 Å². The molecule has 2 rings (SSSR count). The van der Waals surface area contributed by atoms with Crippen molar-refractivity contribution in [2.45, 2.75) is 57.1 Å². The predicted octanol–water partition coefficient (Wildman–Crippen LogP) is 1.00. The van der Waals surface area contributed by atoms with E-state index in [1.165, 1.54) is 5.37 Å². The van der Waals surface area contributed by atoms with Gasteiger partial charge in [-0.1, -0.05) is 19.1 Å². The van der Waals surface area contributed by atoms with Gasteiger partial charge in [0.25, 0.3) is 0 Å². The number of hydrogen-bond acceptors (Lipinski definition) is 5. The van der Waals surface area contributed by atoms with Gasteiger partial charge in [0.15, 0.2) is 11.6 Å². The molecule has 5 heteroatoms. The lowest BCUT2D eigenvalue weighted by Crippen LogP contribution is -2.42. The van der Waals surface area contributed by atoms with Crippen LogP contribution in [0.4, 0.5) is 0 Å². The van der Waals surface area contributed by atoms with Gasteiger partial charge in [0.1, 0.15) is 18.3 Å². The standard InChI is InChI=1S/C10H16O4S/c1-4-10(11)8-7(6(5-15)12-10)13-9(2,3)14-8/h5-8,11H,4H2,1-3H3/t6-,7-,8-,10?/m1/s1. The molecule has 2 saturated heterocycles. The molecular formula is C10H16O4S. The molecule has 1 N–H and O–H groups in total. The van der Waals surface area contributed by atoms with E-state index < -0.39 is 17.7 Å². The maximum absolute atomic E-state index is 10.2. The molecule has 4 nitrogen and oxygen atoms in total. The summed E-state index contributed by atoms with van der Waals surface area (Å²) in [7, 11) is 0. The number of hydrogen-bond donors (Lipinski definition) is 1. The van der Waals surface area contributed by atoms with E-state index in [-0.39, 0.29) is 12.2 Å². The van der Waals surface area contributed by atoms with Gasteiger partial charge in [0.2, 0.25) is 0 Å². The minimum Gasteiger partial charge on any atom is -0.363 e. The Labute approximate surface area is 94.5 Å². The molecule has 0 spiro atoms. The van der Waals surface area contributed by atoms with Crippen LogP contribution in [0.5, 0.6) is 0 Å². The smallest absolute Gasteiger partial charge is 0.195 e. The van der Waals surface area contributed by atoms with E-state index in [1.54, 1.807) is 0 Å². The Bertz CT molecular complexity index is 281. The van der Waals surface area contributed by atoms with Gasteiger partial charge in [-0.05, 0) is 13.8 Å². The summed E-state index contributed by atoms with van der Waals surface area (Å²) in [6.07, 6.45) is -0.686. The van der Waals surface area contributed by atoms with Gasteiger partial charge in [-0.15, -0.1) is 0 Å².